The first kappa shape index (κ1) is 59.5. The average Bonchev–Trinajstić information content (AvgIpc) is 1.77. The van der Waals surface area contributed by atoms with Crippen LogP contribution in [0.1, 0.15) is 121 Å². The van der Waals surface area contributed by atoms with Gasteiger partial charge in [0.15, 0.2) is 24.1 Å². The van der Waals surface area contributed by atoms with E-state index < -0.39 is 8.07 Å². The first-order valence-corrected chi connectivity index (χ1v) is 32.1. The lowest BCUT2D eigenvalue weighted by atomic mass is 9.83. The summed E-state index contributed by atoms with van der Waals surface area (Å²) in [5, 5.41) is 14.3. The van der Waals surface area contributed by atoms with Gasteiger partial charge in [0.1, 0.15) is 78.4 Å². The number of aldehydes is 5. The predicted octanol–water partition coefficient (Wildman–Crippen LogP) is 8.99. The van der Waals surface area contributed by atoms with Gasteiger partial charge in [0, 0.05) is 77.1 Å². The molecular formula is C65H64N14O8Si. The fraction of sp³-hybridized carbons (Fsp3) is 0.262. The minimum absolute atomic E-state index is 0.498. The third kappa shape index (κ3) is 11.9. The molecule has 23 heteroatoms. The van der Waals surface area contributed by atoms with Gasteiger partial charge in [-0.25, -0.2) is 43.9 Å². The number of oxazole rings is 1. The largest absolute Gasteiger partial charge is 0.491 e. The number of benzene rings is 5. The first-order valence-electron chi connectivity index (χ1n) is 28.9. The van der Waals surface area contributed by atoms with E-state index in [0.29, 0.717) is 41.3 Å². The minimum Gasteiger partial charge on any atom is -0.491 e. The summed E-state index contributed by atoms with van der Waals surface area (Å²) in [6, 6.07) is 20.0. The molecule has 2 aliphatic heterocycles. The number of imidazole rings is 2. The molecule has 0 saturated heterocycles. The number of hydrogen-bond acceptors (Lipinski definition) is 17. The SMILES string of the molecule is CCc1ncn(-c2ccc(C=O)c3ncoc23)n1.COCc1cn(-c2ccc(C=O)c3c2CC3)cn1.Cc1cn(-c2ccc(C=O)c3c2[Si](C)(C)CC3)cn1.Cc1ncn(-c2ccc(C=O)c3c2CC3)n1.Cc1ncn(-c2ccc(C=O)c3c2OCC3)n1. The molecule has 0 amide bonds. The highest BCUT2D eigenvalue weighted by atomic mass is 28.3. The Morgan fingerprint density at radius 1 is 0.523 bits per heavy atom. The Bertz CT molecular complexity index is 4430. The second-order valence-corrected chi connectivity index (χ2v) is 26.9. The number of carbonyl (C=O) groups is 5. The van der Waals surface area contributed by atoms with Crippen LogP contribution in [-0.2, 0) is 56.3 Å². The van der Waals surface area contributed by atoms with Crippen LogP contribution in [0.4, 0.5) is 0 Å². The van der Waals surface area contributed by atoms with Crippen LogP contribution in [0.5, 0.6) is 5.75 Å². The molecule has 0 fully saturated rings. The van der Waals surface area contributed by atoms with E-state index in [1.807, 2.05) is 81.2 Å². The van der Waals surface area contributed by atoms with E-state index in [1.165, 1.54) is 51.1 Å². The highest BCUT2D eigenvalue weighted by Crippen LogP contribution is 2.36. The second kappa shape index (κ2) is 25.8. The molecule has 6 aromatic heterocycles. The van der Waals surface area contributed by atoms with Crippen LogP contribution in [0.3, 0.4) is 0 Å². The summed E-state index contributed by atoms with van der Waals surface area (Å²) in [7, 11) is 0.223. The van der Waals surface area contributed by atoms with Crippen LogP contribution in [0.15, 0.2) is 116 Å². The lowest BCUT2D eigenvalue weighted by Gasteiger charge is -2.24. The monoisotopic (exact) mass is 1200 g/mol. The van der Waals surface area contributed by atoms with Crippen LogP contribution in [0.25, 0.3) is 39.5 Å². The number of nitrogens with zero attached hydrogens (tertiary/aromatic N) is 14. The summed E-state index contributed by atoms with van der Waals surface area (Å²) in [5.41, 5.74) is 18.7. The van der Waals surface area contributed by atoms with Crippen molar-refractivity contribution in [3.05, 3.63) is 201 Å². The van der Waals surface area contributed by atoms with Crippen molar-refractivity contribution < 1.29 is 37.9 Å². The molecule has 0 atom stereocenters. The number of aromatic nitrogens is 14. The van der Waals surface area contributed by atoms with Crippen molar-refractivity contribution >= 4 is 55.8 Å². The van der Waals surface area contributed by atoms with Crippen LogP contribution in [0.2, 0.25) is 19.1 Å². The molecule has 22 nitrogen and oxygen atoms in total. The van der Waals surface area contributed by atoms with E-state index in [2.05, 4.69) is 75.1 Å². The van der Waals surface area contributed by atoms with Crippen LogP contribution >= 0.6 is 0 Å². The van der Waals surface area contributed by atoms with Crippen molar-refractivity contribution in [2.75, 3.05) is 13.7 Å². The molecule has 88 heavy (non-hydrogen) atoms. The zero-order valence-electron chi connectivity index (χ0n) is 49.9. The maximum absolute atomic E-state index is 11.2. The van der Waals surface area contributed by atoms with Crippen molar-refractivity contribution in [1.29, 1.82) is 0 Å². The fourth-order valence-electron chi connectivity index (χ4n) is 11.5. The highest BCUT2D eigenvalue weighted by Gasteiger charge is 2.36. The Kier molecular flexibility index (Phi) is 17.4. The normalized spacial score (nSPS) is 13.4. The van der Waals surface area contributed by atoms with Gasteiger partial charge < -0.3 is 23.0 Å². The first-order chi connectivity index (χ1) is 42.8. The van der Waals surface area contributed by atoms with Crippen molar-refractivity contribution in [2.24, 2.45) is 0 Å². The molecule has 11 aromatic rings. The zero-order chi connectivity index (χ0) is 61.6. The minimum atomic E-state index is -1.43. The van der Waals surface area contributed by atoms with Crippen molar-refractivity contribution in [1.82, 2.24) is 68.4 Å². The number of fused-ring (bicyclic) bond motifs is 5. The van der Waals surface area contributed by atoms with Gasteiger partial charge in [-0.05, 0) is 153 Å². The Balaban J connectivity index is 0.000000114. The second-order valence-electron chi connectivity index (χ2n) is 22.1. The Labute approximate surface area is 507 Å². The summed E-state index contributed by atoms with van der Waals surface area (Å²) < 4.78 is 25.2. The van der Waals surface area contributed by atoms with Crippen LogP contribution < -0.4 is 9.92 Å². The lowest BCUT2D eigenvalue weighted by molar-refractivity contribution is 0.111. The van der Waals surface area contributed by atoms with Gasteiger partial charge >= 0.3 is 0 Å². The maximum atomic E-state index is 11.2. The molecule has 0 bridgehead atoms. The number of rotatable bonds is 13. The molecule has 0 unspecified atom stereocenters. The van der Waals surface area contributed by atoms with Crippen LogP contribution in [-0.4, -0.2) is 122 Å². The van der Waals surface area contributed by atoms with E-state index in [0.717, 1.165) is 150 Å². The number of hydrogen-bond donors (Lipinski definition) is 0. The molecule has 15 rings (SSSR count). The molecule has 0 saturated carbocycles. The Morgan fingerprint density at radius 3 is 1.64 bits per heavy atom. The Morgan fingerprint density at radius 2 is 1.06 bits per heavy atom. The molecule has 0 spiro atoms. The van der Waals surface area contributed by atoms with E-state index >= 15 is 0 Å². The van der Waals surface area contributed by atoms with E-state index in [4.69, 9.17) is 13.9 Å². The third-order valence-corrected chi connectivity index (χ3v) is 19.6. The molecule has 5 aromatic carbocycles. The number of carbonyl (C=O) groups excluding carboxylic acids is 5. The number of methoxy groups -OCH3 is 1. The smallest absolute Gasteiger partial charge is 0.182 e. The summed E-state index contributed by atoms with van der Waals surface area (Å²) in [4.78, 5) is 79.8. The summed E-state index contributed by atoms with van der Waals surface area (Å²) >= 11 is 0. The topological polar surface area (TPSA) is 258 Å². The van der Waals surface area contributed by atoms with Gasteiger partial charge in [-0.1, -0.05) is 20.0 Å². The van der Waals surface area contributed by atoms with Crippen molar-refractivity contribution in [3.8, 4) is 34.2 Å². The highest BCUT2D eigenvalue weighted by molar-refractivity contribution is 6.92. The molecule has 0 radical (unpaired) electrons. The lowest BCUT2D eigenvalue weighted by Crippen LogP contribution is -2.40. The summed E-state index contributed by atoms with van der Waals surface area (Å²) in [6.07, 6.45) is 25.1. The molecular weight excluding hydrogens is 1130 g/mol. The fourth-order valence-corrected chi connectivity index (χ4v) is 14.6. The van der Waals surface area contributed by atoms with Crippen molar-refractivity contribution in [3.63, 3.8) is 0 Å². The molecule has 0 N–H and O–H groups in total. The molecule has 8 heterocycles. The van der Waals surface area contributed by atoms with Gasteiger partial charge in [0.05, 0.1) is 51.0 Å². The standard InChI is InChI=1S/C15H18N2OSi.C14H14N2O2.C12H10N4O2.C12H11N3O2.C12H11N3O/c1-11-8-17(10-16-11)14-5-4-12(9-18)13-6-7-19(2,3)15(13)14;1-18-8-11-6-16(9-15-11)14-5-2-10(7-17)12-3-4-13(12)14;1-2-10-13-6-16(15-10)9-4-3-8(5-17)11-12(9)18-7-14-11;1-8-13-7-15(14-8)11-3-2-9(6-16)10-4-5-17-12(10)11;1-8-13-7-15(14-8)12-5-2-9(6-16)10-3-4-11(10)12/h4-5,8-10H,6-7H2,1-3H3;2,5-7,9H,3-4,8H2,1H3;3-7H,2H2,1H3;2-3,6-7H,4-5H2,1H3;2,5-7H,3-4H2,1H3. The third-order valence-electron chi connectivity index (χ3n) is 16.1. The van der Waals surface area contributed by atoms with E-state index in [1.54, 1.807) is 64.7 Å². The van der Waals surface area contributed by atoms with E-state index in [9.17, 15) is 24.0 Å². The van der Waals surface area contributed by atoms with Gasteiger partial charge in [-0.3, -0.25) is 24.0 Å². The van der Waals surface area contributed by atoms with Gasteiger partial charge in [0.25, 0.3) is 0 Å². The van der Waals surface area contributed by atoms with Gasteiger partial charge in [0.2, 0.25) is 0 Å². The predicted molar refractivity (Wildman–Crippen MR) is 330 cm³/mol. The van der Waals surface area contributed by atoms with E-state index in [-0.39, 0.29) is 0 Å². The number of aryl methyl sites for hydroxylation is 4. The zero-order valence-corrected chi connectivity index (χ0v) is 50.9. The summed E-state index contributed by atoms with van der Waals surface area (Å²) in [6.45, 7) is 13.6. The van der Waals surface area contributed by atoms with Crippen molar-refractivity contribution in [2.45, 2.75) is 98.4 Å². The quantitative estimate of drug-likeness (QED) is 0.0770. The van der Waals surface area contributed by atoms with Gasteiger partial charge in [-0.2, -0.15) is 15.3 Å². The molecule has 446 valence electrons. The summed E-state index contributed by atoms with van der Waals surface area (Å²) in [5.74, 6) is 2.96. The molecule has 4 aliphatic rings. The van der Waals surface area contributed by atoms with Crippen LogP contribution in [0, 0.1) is 20.8 Å². The van der Waals surface area contributed by atoms with Gasteiger partial charge in [-0.15, -0.1) is 0 Å². The average molecular weight is 1200 g/mol. The Hall–Kier alpha value is -10.3. The molecule has 2 aliphatic carbocycles. The maximum Gasteiger partial charge on any atom is 0.182 e. The number of ether oxygens (including phenoxy) is 2.